The normalized spacial score (nSPS) is 10.8. The molecule has 11 heteroatoms. The monoisotopic (exact) mass is 525 g/mol. The number of carbonyl (C=O) groups is 1. The number of halogens is 4. The van der Waals surface area contributed by atoms with Crippen molar-refractivity contribution in [2.24, 2.45) is 0 Å². The molecule has 0 aliphatic heterocycles. The second-order valence-corrected chi connectivity index (χ2v) is 7.78. The summed E-state index contributed by atoms with van der Waals surface area (Å²) in [5, 5.41) is 9.25. The number of benzene rings is 2. The van der Waals surface area contributed by atoms with Gasteiger partial charge in [-0.1, -0.05) is 12.1 Å². The lowest BCUT2D eigenvalue weighted by molar-refractivity contribution is 0.144. The van der Waals surface area contributed by atoms with E-state index in [-0.39, 0.29) is 35.9 Å². The molecular formula is C22H19BrF3N3O4. The fourth-order valence-corrected chi connectivity index (χ4v) is 3.57. The van der Waals surface area contributed by atoms with Crippen molar-refractivity contribution in [3.8, 4) is 11.6 Å². The highest BCUT2D eigenvalue weighted by Gasteiger charge is 2.21. The molecule has 0 saturated heterocycles. The van der Waals surface area contributed by atoms with E-state index in [0.29, 0.717) is 11.1 Å². The number of carboxylic acid groups (broad SMARTS) is 1. The van der Waals surface area contributed by atoms with E-state index in [2.05, 4.69) is 20.9 Å². The first-order valence-corrected chi connectivity index (χ1v) is 10.5. The largest absolute Gasteiger partial charge is 0.472 e. The third kappa shape index (κ3) is 5.19. The van der Waals surface area contributed by atoms with Crippen molar-refractivity contribution >= 4 is 22.0 Å². The molecule has 1 N–H and O–H groups in total. The molecule has 0 fully saturated rings. The van der Waals surface area contributed by atoms with Crippen LogP contribution in [-0.2, 0) is 13.2 Å². The molecule has 0 aliphatic rings. The molecule has 1 heterocycles. The lowest BCUT2D eigenvalue weighted by atomic mass is 10.1. The highest BCUT2D eigenvalue weighted by molar-refractivity contribution is 9.10. The molecule has 0 radical (unpaired) electrons. The van der Waals surface area contributed by atoms with Crippen molar-refractivity contribution in [2.75, 3.05) is 6.54 Å². The zero-order valence-corrected chi connectivity index (χ0v) is 19.2. The maximum atomic E-state index is 14.2. The number of aryl methyl sites for hydroxylation is 1. The van der Waals surface area contributed by atoms with Gasteiger partial charge in [-0.25, -0.2) is 18.0 Å². The molecule has 0 spiro atoms. The summed E-state index contributed by atoms with van der Waals surface area (Å²) in [7, 11) is 0. The summed E-state index contributed by atoms with van der Waals surface area (Å²) in [5.41, 5.74) is -0.488. The van der Waals surface area contributed by atoms with E-state index in [1.807, 2.05) is 0 Å². The molecule has 1 aromatic heterocycles. The zero-order valence-electron chi connectivity index (χ0n) is 17.6. The standard InChI is InChI=1S/C22H19BrF3N3O4/c1-3-28(22(31)32)10-14-9-15(24)8-7-13(14)11-33-20-18(23)21(30)29(12(2)27-20)19-16(25)5-4-6-17(19)26/h4-9H,3,10-11H2,1-2H3,(H,31,32). The Balaban J connectivity index is 1.94. The molecule has 0 aliphatic carbocycles. The Morgan fingerprint density at radius 1 is 1.18 bits per heavy atom. The van der Waals surface area contributed by atoms with E-state index in [1.165, 1.54) is 31.2 Å². The molecule has 0 saturated carbocycles. The van der Waals surface area contributed by atoms with Crippen LogP contribution in [0.2, 0.25) is 0 Å². The average molecular weight is 526 g/mol. The Bertz CT molecular complexity index is 1250. The van der Waals surface area contributed by atoms with Gasteiger partial charge in [0.05, 0.1) is 0 Å². The van der Waals surface area contributed by atoms with Gasteiger partial charge in [0.1, 0.15) is 40.0 Å². The zero-order chi connectivity index (χ0) is 24.3. The Kier molecular flexibility index (Phi) is 7.42. The fourth-order valence-electron chi connectivity index (χ4n) is 3.19. The molecule has 0 unspecified atom stereocenters. The van der Waals surface area contributed by atoms with Crippen LogP contribution in [0.5, 0.6) is 5.88 Å². The van der Waals surface area contributed by atoms with Crippen molar-refractivity contribution < 1.29 is 27.8 Å². The summed E-state index contributed by atoms with van der Waals surface area (Å²) >= 11 is 3.07. The first-order chi connectivity index (χ1) is 15.6. The minimum atomic E-state index is -1.15. The van der Waals surface area contributed by atoms with Crippen LogP contribution in [0.15, 0.2) is 45.7 Å². The molecular weight excluding hydrogens is 507 g/mol. The van der Waals surface area contributed by atoms with Crippen LogP contribution < -0.4 is 10.3 Å². The number of para-hydroxylation sites is 1. The Hall–Kier alpha value is -3.34. The number of amides is 1. The molecule has 7 nitrogen and oxygen atoms in total. The van der Waals surface area contributed by atoms with Crippen molar-refractivity contribution in [3.63, 3.8) is 0 Å². The first-order valence-electron chi connectivity index (χ1n) is 9.75. The van der Waals surface area contributed by atoms with Gasteiger partial charge in [-0.3, -0.25) is 9.36 Å². The number of hydrogen-bond donors (Lipinski definition) is 1. The molecule has 0 atom stereocenters. The van der Waals surface area contributed by atoms with E-state index in [0.717, 1.165) is 21.6 Å². The molecule has 2 aromatic carbocycles. The van der Waals surface area contributed by atoms with Gasteiger partial charge in [0.2, 0.25) is 5.88 Å². The predicted octanol–water partition coefficient (Wildman–Crippen LogP) is 4.80. The molecule has 3 aromatic rings. The molecule has 0 bridgehead atoms. The third-order valence-corrected chi connectivity index (χ3v) is 5.55. The number of nitrogens with zero attached hydrogens (tertiary/aromatic N) is 3. The van der Waals surface area contributed by atoms with Crippen LogP contribution in [0.1, 0.15) is 23.9 Å². The molecule has 1 amide bonds. The molecule has 3 rings (SSSR count). The van der Waals surface area contributed by atoms with E-state index in [9.17, 15) is 27.9 Å². The van der Waals surface area contributed by atoms with E-state index < -0.39 is 34.8 Å². The van der Waals surface area contributed by atoms with Crippen LogP contribution in [0.25, 0.3) is 5.69 Å². The lowest BCUT2D eigenvalue weighted by Crippen LogP contribution is -2.29. The summed E-state index contributed by atoms with van der Waals surface area (Å²) in [6.45, 7) is 3.02. The molecule has 33 heavy (non-hydrogen) atoms. The van der Waals surface area contributed by atoms with Crippen LogP contribution in [0.4, 0.5) is 18.0 Å². The summed E-state index contributed by atoms with van der Waals surface area (Å²) in [4.78, 5) is 29.4. The summed E-state index contributed by atoms with van der Waals surface area (Å²) in [6.07, 6.45) is -1.15. The first kappa shape index (κ1) is 24.3. The van der Waals surface area contributed by atoms with Gasteiger partial charge in [0.15, 0.2) is 0 Å². The minimum Gasteiger partial charge on any atom is -0.472 e. The quantitative estimate of drug-likeness (QED) is 0.479. The second kappa shape index (κ2) is 10.1. The Labute approximate surface area is 195 Å². The number of hydrogen-bond acceptors (Lipinski definition) is 4. The highest BCUT2D eigenvalue weighted by Crippen LogP contribution is 2.25. The van der Waals surface area contributed by atoms with Gasteiger partial charge >= 0.3 is 6.09 Å². The Morgan fingerprint density at radius 2 is 1.85 bits per heavy atom. The van der Waals surface area contributed by atoms with Crippen LogP contribution in [-0.4, -0.2) is 32.2 Å². The van der Waals surface area contributed by atoms with Gasteiger partial charge < -0.3 is 14.7 Å². The van der Waals surface area contributed by atoms with Gasteiger partial charge in [-0.05, 0) is 65.2 Å². The minimum absolute atomic E-state index is 0.0236. The predicted molar refractivity (Wildman–Crippen MR) is 117 cm³/mol. The third-order valence-electron chi connectivity index (χ3n) is 4.87. The topological polar surface area (TPSA) is 84.7 Å². The maximum Gasteiger partial charge on any atom is 0.407 e. The summed E-state index contributed by atoms with van der Waals surface area (Å²) in [6, 6.07) is 7.07. The number of rotatable bonds is 7. The van der Waals surface area contributed by atoms with Gasteiger partial charge in [0.25, 0.3) is 5.56 Å². The second-order valence-electron chi connectivity index (χ2n) is 6.99. The van der Waals surface area contributed by atoms with Gasteiger partial charge in [-0.15, -0.1) is 0 Å². The number of ether oxygens (including phenoxy) is 1. The van der Waals surface area contributed by atoms with E-state index in [1.54, 1.807) is 6.92 Å². The van der Waals surface area contributed by atoms with Crippen LogP contribution in [0, 0.1) is 24.4 Å². The van der Waals surface area contributed by atoms with Crippen molar-refractivity contribution in [1.29, 1.82) is 0 Å². The van der Waals surface area contributed by atoms with E-state index in [4.69, 9.17) is 4.74 Å². The molecule has 174 valence electrons. The van der Waals surface area contributed by atoms with Crippen molar-refractivity contribution in [2.45, 2.75) is 27.0 Å². The van der Waals surface area contributed by atoms with Crippen LogP contribution in [0.3, 0.4) is 0 Å². The van der Waals surface area contributed by atoms with Crippen molar-refractivity contribution in [1.82, 2.24) is 14.5 Å². The summed E-state index contributed by atoms with van der Waals surface area (Å²) < 4.78 is 48.5. The average Bonchev–Trinajstić information content (AvgIpc) is 2.76. The smallest absolute Gasteiger partial charge is 0.407 e. The number of aromatic nitrogens is 2. The maximum absolute atomic E-state index is 14.2. The SMILES string of the molecule is CCN(Cc1cc(F)ccc1COc1nc(C)n(-c2c(F)cccc2F)c(=O)c1Br)C(=O)O. The van der Waals surface area contributed by atoms with Crippen molar-refractivity contribution in [3.05, 3.63) is 85.6 Å². The fraction of sp³-hybridized carbons (Fsp3) is 0.227. The van der Waals surface area contributed by atoms with E-state index >= 15 is 0 Å². The van der Waals surface area contributed by atoms with Gasteiger partial charge in [-0.2, -0.15) is 4.98 Å². The highest BCUT2D eigenvalue weighted by atomic mass is 79.9. The lowest BCUT2D eigenvalue weighted by Gasteiger charge is -2.19. The summed E-state index contributed by atoms with van der Waals surface area (Å²) in [5.74, 6) is -2.56. The van der Waals surface area contributed by atoms with Gasteiger partial charge in [0, 0.05) is 13.1 Å². The Morgan fingerprint density at radius 3 is 2.45 bits per heavy atom. The van der Waals surface area contributed by atoms with Crippen LogP contribution >= 0.6 is 15.9 Å².